The number of guanidine groups is 1. The van der Waals surface area contributed by atoms with Crippen LogP contribution in [0.25, 0.3) is 0 Å². The summed E-state index contributed by atoms with van der Waals surface area (Å²) in [5, 5.41) is 6.59. The summed E-state index contributed by atoms with van der Waals surface area (Å²) < 4.78 is 0. The third-order valence-electron chi connectivity index (χ3n) is 4.97. The van der Waals surface area contributed by atoms with E-state index in [1.165, 1.54) is 23.1 Å². The van der Waals surface area contributed by atoms with E-state index in [0.29, 0.717) is 19.0 Å². The summed E-state index contributed by atoms with van der Waals surface area (Å²) in [6.45, 7) is 8.75. The Labute approximate surface area is 158 Å². The third-order valence-corrected chi connectivity index (χ3v) is 4.97. The van der Waals surface area contributed by atoms with Crippen molar-refractivity contribution in [2.24, 2.45) is 4.99 Å². The zero-order valence-electron chi connectivity index (χ0n) is 16.8. The number of likely N-dealkylation sites (tertiary alicyclic amines) is 1. The number of carbonyl (C=O) groups is 1. The van der Waals surface area contributed by atoms with E-state index < -0.39 is 0 Å². The molecule has 1 unspecified atom stereocenters. The molecule has 1 saturated heterocycles. The molecule has 0 saturated carbocycles. The van der Waals surface area contributed by atoms with Gasteiger partial charge in [-0.2, -0.15) is 0 Å². The molecule has 0 radical (unpaired) electrons. The predicted molar refractivity (Wildman–Crippen MR) is 109 cm³/mol. The van der Waals surface area contributed by atoms with Gasteiger partial charge in [0, 0.05) is 39.1 Å². The van der Waals surface area contributed by atoms with Crippen LogP contribution in [0.2, 0.25) is 0 Å². The van der Waals surface area contributed by atoms with Gasteiger partial charge in [0.25, 0.3) is 0 Å². The van der Waals surface area contributed by atoms with Gasteiger partial charge in [0.05, 0.1) is 0 Å². The zero-order valence-corrected chi connectivity index (χ0v) is 16.8. The molecule has 1 aliphatic heterocycles. The summed E-state index contributed by atoms with van der Waals surface area (Å²) in [4.78, 5) is 18.6. The average molecular weight is 359 g/mol. The second-order valence-electron chi connectivity index (χ2n) is 7.35. The first-order valence-corrected chi connectivity index (χ1v) is 9.80. The molecule has 5 heteroatoms. The van der Waals surface area contributed by atoms with Crippen LogP contribution in [-0.4, -0.2) is 49.5 Å². The van der Waals surface area contributed by atoms with E-state index in [2.05, 4.69) is 54.6 Å². The Balaban J connectivity index is 1.69. The minimum absolute atomic E-state index is 0.246. The van der Waals surface area contributed by atoms with Crippen molar-refractivity contribution >= 4 is 11.9 Å². The topological polar surface area (TPSA) is 56.7 Å². The lowest BCUT2D eigenvalue weighted by Crippen LogP contribution is -2.44. The molecule has 144 valence electrons. The maximum atomic E-state index is 12.4. The van der Waals surface area contributed by atoms with Crippen LogP contribution >= 0.6 is 0 Å². The van der Waals surface area contributed by atoms with Crippen LogP contribution < -0.4 is 10.6 Å². The van der Waals surface area contributed by atoms with Gasteiger partial charge in [-0.3, -0.25) is 9.79 Å². The van der Waals surface area contributed by atoms with Crippen LogP contribution in [0.3, 0.4) is 0 Å². The van der Waals surface area contributed by atoms with Gasteiger partial charge >= 0.3 is 0 Å². The molecule has 0 bridgehead atoms. The number of hydrogen-bond acceptors (Lipinski definition) is 2. The predicted octanol–water partition coefficient (Wildman–Crippen LogP) is 2.80. The summed E-state index contributed by atoms with van der Waals surface area (Å²) in [6, 6.07) is 7.02. The van der Waals surface area contributed by atoms with Gasteiger partial charge in [-0.25, -0.2) is 0 Å². The molecule has 1 atom stereocenters. The number of carbonyl (C=O) groups excluding carboxylic acids is 1. The van der Waals surface area contributed by atoms with Gasteiger partial charge in [-0.1, -0.05) is 29.3 Å². The van der Waals surface area contributed by atoms with Crippen LogP contribution in [0.15, 0.2) is 23.2 Å². The molecule has 0 aliphatic carbocycles. The Bertz CT molecular complexity index is 606. The van der Waals surface area contributed by atoms with Crippen molar-refractivity contribution < 1.29 is 4.79 Å². The summed E-state index contributed by atoms with van der Waals surface area (Å²) in [5.74, 6) is 1.00. The highest BCUT2D eigenvalue weighted by atomic mass is 16.2. The maximum absolute atomic E-state index is 12.4. The van der Waals surface area contributed by atoms with E-state index in [1.807, 2.05) is 4.90 Å². The van der Waals surface area contributed by atoms with Crippen LogP contribution in [0.4, 0.5) is 0 Å². The number of hydrogen-bond donors (Lipinski definition) is 2. The highest BCUT2D eigenvalue weighted by Gasteiger charge is 2.22. The minimum Gasteiger partial charge on any atom is -0.356 e. The molecule has 1 fully saturated rings. The Morgan fingerprint density at radius 3 is 2.50 bits per heavy atom. The Hall–Kier alpha value is -2.04. The number of piperidine rings is 1. The Morgan fingerprint density at radius 2 is 1.85 bits per heavy atom. The van der Waals surface area contributed by atoms with Crippen LogP contribution in [-0.2, 0) is 11.2 Å². The summed E-state index contributed by atoms with van der Waals surface area (Å²) >= 11 is 0. The molecule has 0 spiro atoms. The van der Waals surface area contributed by atoms with Crippen LogP contribution in [0, 0.1) is 13.8 Å². The fraction of sp³-hybridized carbons (Fsp3) is 0.619. The van der Waals surface area contributed by atoms with E-state index >= 15 is 0 Å². The molecule has 1 aliphatic rings. The lowest BCUT2D eigenvalue weighted by atomic mass is 10.0. The zero-order chi connectivity index (χ0) is 18.9. The molecule has 1 aromatic carbocycles. The first-order valence-electron chi connectivity index (χ1n) is 9.80. The van der Waals surface area contributed by atoms with Crippen LogP contribution in [0.5, 0.6) is 0 Å². The maximum Gasteiger partial charge on any atom is 0.224 e. The number of benzene rings is 1. The number of amides is 1. The molecule has 0 aromatic heterocycles. The van der Waals surface area contributed by atoms with Crippen molar-refractivity contribution in [1.82, 2.24) is 15.5 Å². The van der Waals surface area contributed by atoms with Crippen molar-refractivity contribution in [1.29, 1.82) is 0 Å². The molecule has 2 rings (SSSR count). The molecular weight excluding hydrogens is 324 g/mol. The highest BCUT2D eigenvalue weighted by molar-refractivity contribution is 5.81. The van der Waals surface area contributed by atoms with Gasteiger partial charge in [-0.05, 0) is 52.0 Å². The van der Waals surface area contributed by atoms with Gasteiger partial charge in [0.1, 0.15) is 0 Å². The molecule has 2 N–H and O–H groups in total. The smallest absolute Gasteiger partial charge is 0.224 e. The first kappa shape index (κ1) is 20.3. The highest BCUT2D eigenvalue weighted by Crippen LogP contribution is 2.17. The van der Waals surface area contributed by atoms with Gasteiger partial charge < -0.3 is 15.5 Å². The number of aryl methyl sites for hydroxylation is 2. The fourth-order valence-electron chi connectivity index (χ4n) is 3.66. The molecule has 1 aromatic rings. The normalized spacial score (nSPS) is 17.9. The monoisotopic (exact) mass is 358 g/mol. The number of aliphatic imine (C=N–C) groups is 1. The number of nitrogens with zero attached hydrogens (tertiary/aromatic N) is 2. The second kappa shape index (κ2) is 10.2. The SMILES string of the molecule is CN=C(NCCC(=O)N1CCCCC1C)NCCc1cc(C)cc(C)c1. The molecule has 1 heterocycles. The largest absolute Gasteiger partial charge is 0.356 e. The Morgan fingerprint density at radius 1 is 1.15 bits per heavy atom. The Kier molecular flexibility index (Phi) is 7.95. The molecule has 5 nitrogen and oxygen atoms in total. The van der Waals surface area contributed by atoms with Crippen molar-refractivity contribution in [3.05, 3.63) is 34.9 Å². The quantitative estimate of drug-likeness (QED) is 0.607. The van der Waals surface area contributed by atoms with Gasteiger partial charge in [0.2, 0.25) is 5.91 Å². The summed E-state index contributed by atoms with van der Waals surface area (Å²) in [7, 11) is 1.76. The lowest BCUT2D eigenvalue weighted by molar-refractivity contribution is -0.134. The van der Waals surface area contributed by atoms with Crippen molar-refractivity contribution in [3.63, 3.8) is 0 Å². The van der Waals surface area contributed by atoms with Gasteiger partial charge in [0.15, 0.2) is 5.96 Å². The van der Waals surface area contributed by atoms with E-state index in [4.69, 9.17) is 0 Å². The summed E-state index contributed by atoms with van der Waals surface area (Å²) in [5.41, 5.74) is 3.93. The third kappa shape index (κ3) is 6.36. The summed E-state index contributed by atoms with van der Waals surface area (Å²) in [6.07, 6.45) is 4.96. The van der Waals surface area contributed by atoms with E-state index in [9.17, 15) is 4.79 Å². The molecule has 26 heavy (non-hydrogen) atoms. The number of rotatable bonds is 6. The van der Waals surface area contributed by atoms with Crippen LogP contribution in [0.1, 0.15) is 49.3 Å². The number of nitrogens with one attached hydrogen (secondary N) is 2. The first-order chi connectivity index (χ1) is 12.5. The fourth-order valence-corrected chi connectivity index (χ4v) is 3.66. The molecular formula is C21H34N4O. The minimum atomic E-state index is 0.246. The molecule has 1 amide bonds. The van der Waals surface area contributed by atoms with E-state index in [0.717, 1.165) is 38.3 Å². The lowest BCUT2D eigenvalue weighted by Gasteiger charge is -2.33. The van der Waals surface area contributed by atoms with Crippen molar-refractivity contribution in [2.75, 3.05) is 26.7 Å². The van der Waals surface area contributed by atoms with Crippen molar-refractivity contribution in [2.45, 2.75) is 58.9 Å². The van der Waals surface area contributed by atoms with E-state index in [-0.39, 0.29) is 5.91 Å². The average Bonchev–Trinajstić information content (AvgIpc) is 2.59. The van der Waals surface area contributed by atoms with Crippen molar-refractivity contribution in [3.8, 4) is 0 Å². The second-order valence-corrected chi connectivity index (χ2v) is 7.35. The van der Waals surface area contributed by atoms with Gasteiger partial charge in [-0.15, -0.1) is 0 Å². The standard InChI is InChI=1S/C21H34N4O/c1-16-13-17(2)15-19(14-16)8-10-23-21(22-4)24-11-9-20(26)25-12-6-5-7-18(25)3/h13-15,18H,5-12H2,1-4H3,(H2,22,23,24). The van der Waals surface area contributed by atoms with E-state index in [1.54, 1.807) is 7.05 Å².